The van der Waals surface area contributed by atoms with E-state index in [1.54, 1.807) is 36.4 Å². The van der Waals surface area contributed by atoms with Crippen molar-refractivity contribution in [2.75, 3.05) is 7.11 Å². The molecule has 1 aliphatic rings. The lowest BCUT2D eigenvalue weighted by molar-refractivity contribution is -0.123. The zero-order chi connectivity index (χ0) is 25.1. The first-order chi connectivity index (χ1) is 16.8. The topological polar surface area (TPSA) is 72.9 Å². The molecule has 0 atom stereocenters. The van der Waals surface area contributed by atoms with Crippen LogP contribution in [0.25, 0.3) is 6.08 Å². The molecule has 3 aromatic carbocycles. The van der Waals surface area contributed by atoms with Gasteiger partial charge in [0.2, 0.25) is 0 Å². The van der Waals surface area contributed by atoms with E-state index < -0.39 is 22.9 Å². The van der Waals surface area contributed by atoms with Crippen LogP contribution >= 0.6 is 39.3 Å². The summed E-state index contributed by atoms with van der Waals surface area (Å²) in [5.41, 5.74) is 0.948. The van der Waals surface area contributed by atoms with Crippen LogP contribution in [0.2, 0.25) is 5.02 Å². The van der Waals surface area contributed by atoms with Crippen LogP contribution in [0.15, 0.2) is 70.0 Å². The number of hydrogen-bond donors (Lipinski definition) is 0. The second-order valence-electron chi connectivity index (χ2n) is 7.26. The second-order valence-corrected chi connectivity index (χ2v) is 9.52. The van der Waals surface area contributed by atoms with Crippen molar-refractivity contribution >= 4 is 62.5 Å². The van der Waals surface area contributed by atoms with Crippen molar-refractivity contribution in [1.29, 1.82) is 0 Å². The Hall–Kier alpha value is -3.14. The van der Waals surface area contributed by atoms with Crippen molar-refractivity contribution in [3.63, 3.8) is 0 Å². The molecule has 4 rings (SSSR count). The summed E-state index contributed by atoms with van der Waals surface area (Å²) in [5, 5.41) is -0.254. The van der Waals surface area contributed by atoms with E-state index in [2.05, 4.69) is 15.9 Å². The van der Waals surface area contributed by atoms with Gasteiger partial charge in [-0.1, -0.05) is 41.9 Å². The zero-order valence-electron chi connectivity index (χ0n) is 18.1. The molecule has 10 heteroatoms. The maximum atomic E-state index is 14.0. The number of nitrogens with zero attached hydrogens (tertiary/aromatic N) is 1. The lowest BCUT2D eigenvalue weighted by atomic mass is 10.1. The molecular weight excluding hydrogens is 561 g/mol. The molecule has 1 saturated heterocycles. The predicted octanol–water partition coefficient (Wildman–Crippen LogP) is 6.71. The number of methoxy groups -OCH3 is 1. The van der Waals surface area contributed by atoms with Crippen LogP contribution < -0.4 is 9.47 Å². The summed E-state index contributed by atoms with van der Waals surface area (Å²) in [6.45, 7) is -0.168. The van der Waals surface area contributed by atoms with Crippen molar-refractivity contribution in [1.82, 2.24) is 4.90 Å². The Balaban J connectivity index is 1.58. The second kappa shape index (κ2) is 10.6. The van der Waals surface area contributed by atoms with Gasteiger partial charge >= 0.3 is 5.97 Å². The number of hydrogen-bond acceptors (Lipinski definition) is 6. The van der Waals surface area contributed by atoms with Gasteiger partial charge in [-0.25, -0.2) is 9.18 Å². The van der Waals surface area contributed by atoms with Gasteiger partial charge in [-0.05, 0) is 69.7 Å². The van der Waals surface area contributed by atoms with Gasteiger partial charge < -0.3 is 9.47 Å². The van der Waals surface area contributed by atoms with E-state index in [-0.39, 0.29) is 39.1 Å². The van der Waals surface area contributed by atoms with Gasteiger partial charge in [-0.15, -0.1) is 0 Å². The molecule has 1 fully saturated rings. The van der Waals surface area contributed by atoms with Crippen molar-refractivity contribution in [2.24, 2.45) is 0 Å². The van der Waals surface area contributed by atoms with Gasteiger partial charge in [0, 0.05) is 5.56 Å². The number of benzene rings is 3. The maximum Gasteiger partial charge on any atom is 0.345 e. The molecule has 3 aromatic rings. The molecule has 6 nitrogen and oxygen atoms in total. The average Bonchev–Trinajstić information content (AvgIpc) is 3.09. The van der Waals surface area contributed by atoms with Crippen LogP contribution in [0, 0.1) is 5.82 Å². The smallest absolute Gasteiger partial charge is 0.345 e. The van der Waals surface area contributed by atoms with Gasteiger partial charge in [-0.3, -0.25) is 14.5 Å². The van der Waals surface area contributed by atoms with Crippen molar-refractivity contribution in [3.05, 3.63) is 97.6 Å². The highest BCUT2D eigenvalue weighted by molar-refractivity contribution is 9.10. The van der Waals surface area contributed by atoms with Gasteiger partial charge in [-0.2, -0.15) is 0 Å². The molecule has 35 heavy (non-hydrogen) atoms. The summed E-state index contributed by atoms with van der Waals surface area (Å²) in [6.07, 6.45) is 1.51. The van der Waals surface area contributed by atoms with E-state index in [9.17, 15) is 18.8 Å². The minimum Gasteiger partial charge on any atom is -0.493 e. The summed E-state index contributed by atoms with van der Waals surface area (Å²) in [6, 6.07) is 15.6. The number of imide groups is 1. The van der Waals surface area contributed by atoms with Gasteiger partial charge in [0.1, 0.15) is 5.82 Å². The third-order valence-electron chi connectivity index (χ3n) is 5.00. The first-order valence-electron chi connectivity index (χ1n) is 10.1. The molecule has 0 aromatic heterocycles. The first-order valence-corrected chi connectivity index (χ1v) is 12.1. The minimum absolute atomic E-state index is 0.127. The maximum absolute atomic E-state index is 14.0. The highest BCUT2D eigenvalue weighted by Gasteiger charge is 2.35. The third-order valence-corrected chi connectivity index (χ3v) is 6.82. The van der Waals surface area contributed by atoms with Crippen LogP contribution in [0.4, 0.5) is 9.18 Å². The number of amides is 2. The predicted molar refractivity (Wildman–Crippen MR) is 135 cm³/mol. The highest BCUT2D eigenvalue weighted by atomic mass is 79.9. The zero-order valence-corrected chi connectivity index (χ0v) is 21.2. The number of rotatable bonds is 6. The Morgan fingerprint density at radius 2 is 1.86 bits per heavy atom. The number of ether oxygens (including phenoxy) is 2. The Morgan fingerprint density at radius 3 is 2.57 bits per heavy atom. The molecule has 1 heterocycles. The standard InChI is InChI=1S/C25H16BrClFNO5S/c1-33-20-11-14(10-17(26)22(20)34-24(31)16-7-3-4-8-18(16)27)12-21-23(30)29(25(32)35-21)13-15-6-2-5-9-19(15)28/h2-12H,13H2,1H3/b21-12-. The molecule has 0 bridgehead atoms. The van der Waals surface area contributed by atoms with Gasteiger partial charge in [0.25, 0.3) is 11.1 Å². The van der Waals surface area contributed by atoms with Crippen molar-refractivity contribution in [2.45, 2.75) is 6.54 Å². The van der Waals surface area contributed by atoms with Crippen LogP contribution in [0.5, 0.6) is 11.5 Å². The van der Waals surface area contributed by atoms with Crippen LogP contribution in [0.3, 0.4) is 0 Å². The number of halogens is 3. The molecule has 2 amide bonds. The Labute approximate surface area is 217 Å². The molecular formula is C25H16BrClFNO5S. The van der Waals surface area contributed by atoms with E-state index in [0.717, 1.165) is 16.7 Å². The summed E-state index contributed by atoms with van der Waals surface area (Å²) < 4.78 is 25.3. The van der Waals surface area contributed by atoms with Crippen molar-refractivity contribution < 1.29 is 28.2 Å². The normalized spacial score (nSPS) is 14.5. The number of thioether (sulfide) groups is 1. The van der Waals surface area contributed by atoms with Crippen LogP contribution in [-0.4, -0.2) is 29.1 Å². The minimum atomic E-state index is -0.670. The molecule has 0 unspecified atom stereocenters. The van der Waals surface area contributed by atoms with Gasteiger partial charge in [0.15, 0.2) is 11.5 Å². The summed E-state index contributed by atoms with van der Waals surface area (Å²) in [7, 11) is 1.40. The molecule has 178 valence electrons. The SMILES string of the molecule is COc1cc(/C=C2\SC(=O)N(Cc3ccccc3F)C2=O)cc(Br)c1OC(=O)c1ccccc1Cl. The highest BCUT2D eigenvalue weighted by Crippen LogP contribution is 2.40. The molecule has 1 aliphatic heterocycles. The van der Waals surface area contributed by atoms with E-state index in [1.165, 1.54) is 37.5 Å². The van der Waals surface area contributed by atoms with E-state index in [0.29, 0.717) is 10.0 Å². The monoisotopic (exact) mass is 575 g/mol. The Kier molecular flexibility index (Phi) is 7.59. The lowest BCUT2D eigenvalue weighted by Gasteiger charge is -2.13. The third kappa shape index (κ3) is 5.42. The van der Waals surface area contributed by atoms with E-state index in [4.69, 9.17) is 21.1 Å². The Bertz CT molecular complexity index is 1380. The molecule has 0 aliphatic carbocycles. The van der Waals surface area contributed by atoms with Gasteiger partial charge in [0.05, 0.1) is 33.6 Å². The van der Waals surface area contributed by atoms with E-state index in [1.807, 2.05) is 0 Å². The molecule has 0 spiro atoms. The molecule has 0 N–H and O–H groups in total. The fraction of sp³-hybridized carbons (Fsp3) is 0.0800. The number of esters is 1. The summed E-state index contributed by atoms with van der Waals surface area (Å²) in [4.78, 5) is 39.0. The fourth-order valence-corrected chi connectivity index (χ4v) is 4.87. The van der Waals surface area contributed by atoms with E-state index >= 15 is 0 Å². The fourth-order valence-electron chi connectivity index (χ4n) is 3.28. The largest absolute Gasteiger partial charge is 0.493 e. The molecule has 0 saturated carbocycles. The average molecular weight is 577 g/mol. The van der Waals surface area contributed by atoms with Crippen molar-refractivity contribution in [3.8, 4) is 11.5 Å². The first kappa shape index (κ1) is 25.0. The number of carbonyl (C=O) groups is 3. The lowest BCUT2D eigenvalue weighted by Crippen LogP contribution is -2.27. The molecule has 0 radical (unpaired) electrons. The quantitative estimate of drug-likeness (QED) is 0.185. The summed E-state index contributed by atoms with van der Waals surface area (Å²) >= 11 is 10.2. The van der Waals surface area contributed by atoms with Crippen LogP contribution in [0.1, 0.15) is 21.5 Å². The summed E-state index contributed by atoms with van der Waals surface area (Å²) in [5.74, 6) is -1.35. The number of carbonyl (C=O) groups excluding carboxylic acids is 3. The van der Waals surface area contributed by atoms with Crippen LogP contribution in [-0.2, 0) is 11.3 Å². The Morgan fingerprint density at radius 1 is 1.14 bits per heavy atom.